The van der Waals surface area contributed by atoms with Crippen molar-refractivity contribution in [1.82, 2.24) is 16.0 Å². The van der Waals surface area contributed by atoms with Gasteiger partial charge in [-0.3, -0.25) is 28.8 Å². The number of carbonyl (C=O) groups is 7. The number of nitrogens with two attached hydrogens (primary N) is 3. The Balaban J connectivity index is 3.04. The number of nitrogens with one attached hydrogen (secondary N) is 3. The van der Waals surface area contributed by atoms with Gasteiger partial charge in [0.15, 0.2) is 0 Å². The zero-order valence-corrected chi connectivity index (χ0v) is 20.8. The molecule has 0 bridgehead atoms. The highest BCUT2D eigenvalue weighted by Crippen LogP contribution is 2.12. The van der Waals surface area contributed by atoms with Crippen molar-refractivity contribution in [2.45, 2.75) is 62.7 Å². The van der Waals surface area contributed by atoms with Gasteiger partial charge in [0.05, 0.1) is 12.5 Å². The monoisotopic (exact) mass is 552 g/mol. The number of aliphatic carboxylic acids is 2. The number of hydrogen-bond acceptors (Lipinski definition) is 9. The van der Waals surface area contributed by atoms with E-state index in [-0.39, 0.29) is 31.4 Å². The maximum atomic E-state index is 12.9. The molecule has 39 heavy (non-hydrogen) atoms. The molecule has 0 spiro atoms. The van der Waals surface area contributed by atoms with Crippen molar-refractivity contribution in [2.75, 3.05) is 0 Å². The van der Waals surface area contributed by atoms with E-state index in [1.54, 1.807) is 0 Å². The summed E-state index contributed by atoms with van der Waals surface area (Å²) in [6, 6.07) is -0.430. The average Bonchev–Trinajstić information content (AvgIpc) is 2.84. The van der Waals surface area contributed by atoms with E-state index in [2.05, 4.69) is 16.0 Å². The van der Waals surface area contributed by atoms with Crippen molar-refractivity contribution in [1.29, 1.82) is 0 Å². The number of hydrogen-bond donors (Lipinski definition) is 9. The van der Waals surface area contributed by atoms with Crippen molar-refractivity contribution in [2.24, 2.45) is 17.2 Å². The second-order valence-corrected chi connectivity index (χ2v) is 8.61. The Morgan fingerprint density at radius 2 is 1.26 bits per heavy atom. The van der Waals surface area contributed by atoms with Crippen LogP contribution in [0.5, 0.6) is 5.75 Å². The zero-order valence-electron chi connectivity index (χ0n) is 20.8. The molecule has 1 aromatic rings. The Bertz CT molecular complexity index is 1080. The van der Waals surface area contributed by atoms with Crippen LogP contribution < -0.4 is 33.2 Å². The molecule has 0 aliphatic rings. The molecule has 12 N–H and O–H groups in total. The molecule has 0 heterocycles. The molecule has 16 heteroatoms. The summed E-state index contributed by atoms with van der Waals surface area (Å²) in [6.07, 6.45) is -2.33. The smallest absolute Gasteiger partial charge is 0.326 e. The first-order chi connectivity index (χ1) is 18.2. The van der Waals surface area contributed by atoms with E-state index in [0.29, 0.717) is 5.56 Å². The van der Waals surface area contributed by atoms with Crippen LogP contribution in [-0.4, -0.2) is 81.0 Å². The summed E-state index contributed by atoms with van der Waals surface area (Å²) in [7, 11) is 0. The Labute approximate surface area is 222 Å². The van der Waals surface area contributed by atoms with Crippen LogP contribution >= 0.6 is 0 Å². The molecule has 0 aliphatic carbocycles. The van der Waals surface area contributed by atoms with Crippen LogP contribution in [0.1, 0.15) is 37.7 Å². The molecule has 0 aliphatic heterocycles. The van der Waals surface area contributed by atoms with Crippen molar-refractivity contribution >= 4 is 41.5 Å². The van der Waals surface area contributed by atoms with Crippen LogP contribution in [0.2, 0.25) is 0 Å². The molecule has 0 saturated heterocycles. The van der Waals surface area contributed by atoms with Crippen LogP contribution in [0.3, 0.4) is 0 Å². The maximum Gasteiger partial charge on any atom is 0.326 e. The molecule has 4 unspecified atom stereocenters. The molecule has 5 amide bonds. The summed E-state index contributed by atoms with van der Waals surface area (Å²) < 4.78 is 0. The Kier molecular flexibility index (Phi) is 12.8. The molecular weight excluding hydrogens is 520 g/mol. The molecule has 16 nitrogen and oxygen atoms in total. The second kappa shape index (κ2) is 15.5. The Morgan fingerprint density at radius 1 is 0.718 bits per heavy atom. The minimum absolute atomic E-state index is 0.0558. The minimum atomic E-state index is -1.66. The Morgan fingerprint density at radius 3 is 1.77 bits per heavy atom. The summed E-state index contributed by atoms with van der Waals surface area (Å²) in [5, 5.41) is 34.3. The fourth-order valence-corrected chi connectivity index (χ4v) is 3.27. The molecule has 1 aromatic carbocycles. The minimum Gasteiger partial charge on any atom is -0.508 e. The zero-order chi connectivity index (χ0) is 29.7. The van der Waals surface area contributed by atoms with E-state index in [1.807, 2.05) is 0 Å². The largest absolute Gasteiger partial charge is 0.508 e. The van der Waals surface area contributed by atoms with Gasteiger partial charge in [0.2, 0.25) is 29.5 Å². The highest BCUT2D eigenvalue weighted by atomic mass is 16.4. The van der Waals surface area contributed by atoms with E-state index < -0.39 is 78.5 Å². The maximum absolute atomic E-state index is 12.9. The predicted octanol–water partition coefficient (Wildman–Crippen LogP) is -3.19. The third-order valence-electron chi connectivity index (χ3n) is 5.35. The SMILES string of the molecule is NC(=O)CCC(NC(=O)C(N)CCC(=O)O)C(=O)NC(CC(N)=O)C(=O)NC(Cc1ccc(O)cc1)C(=O)O. The van der Waals surface area contributed by atoms with E-state index in [1.165, 1.54) is 24.3 Å². The van der Waals surface area contributed by atoms with E-state index in [9.17, 15) is 43.8 Å². The van der Waals surface area contributed by atoms with Crippen LogP contribution in [0.25, 0.3) is 0 Å². The van der Waals surface area contributed by atoms with Gasteiger partial charge in [-0.15, -0.1) is 0 Å². The van der Waals surface area contributed by atoms with Gasteiger partial charge in [-0.1, -0.05) is 12.1 Å². The third-order valence-corrected chi connectivity index (χ3v) is 5.35. The molecule has 4 atom stereocenters. The summed E-state index contributed by atoms with van der Waals surface area (Å²) in [5.41, 5.74) is 16.4. The van der Waals surface area contributed by atoms with Gasteiger partial charge >= 0.3 is 11.9 Å². The molecule has 0 fully saturated rings. The average molecular weight is 553 g/mol. The lowest BCUT2D eigenvalue weighted by Gasteiger charge is -2.24. The summed E-state index contributed by atoms with van der Waals surface area (Å²) >= 11 is 0. The van der Waals surface area contributed by atoms with E-state index in [4.69, 9.17) is 22.3 Å². The first-order valence-corrected chi connectivity index (χ1v) is 11.6. The van der Waals surface area contributed by atoms with Crippen molar-refractivity contribution < 1.29 is 48.9 Å². The van der Waals surface area contributed by atoms with Crippen LogP contribution in [-0.2, 0) is 40.0 Å². The molecule has 1 rings (SSSR count). The quantitative estimate of drug-likeness (QED) is 0.0927. The first-order valence-electron chi connectivity index (χ1n) is 11.6. The number of primary amides is 2. The lowest BCUT2D eigenvalue weighted by atomic mass is 10.0. The number of carboxylic acids is 2. The molecule has 0 radical (unpaired) electrons. The highest BCUT2D eigenvalue weighted by Gasteiger charge is 2.31. The highest BCUT2D eigenvalue weighted by molar-refractivity contribution is 5.96. The van der Waals surface area contributed by atoms with Crippen LogP contribution in [0.4, 0.5) is 0 Å². The number of amides is 5. The Hall–Kier alpha value is -4.73. The number of phenols is 1. The molecule has 214 valence electrons. The van der Waals surface area contributed by atoms with E-state index >= 15 is 0 Å². The summed E-state index contributed by atoms with van der Waals surface area (Å²) in [4.78, 5) is 83.4. The van der Waals surface area contributed by atoms with Gasteiger partial charge in [-0.05, 0) is 30.5 Å². The van der Waals surface area contributed by atoms with E-state index in [0.717, 1.165) is 0 Å². The number of rotatable bonds is 17. The van der Waals surface area contributed by atoms with Gasteiger partial charge in [-0.2, -0.15) is 0 Å². The number of benzene rings is 1. The lowest BCUT2D eigenvalue weighted by Crippen LogP contribution is -2.58. The molecular formula is C23H32N6O10. The van der Waals surface area contributed by atoms with Crippen molar-refractivity contribution in [3.63, 3.8) is 0 Å². The van der Waals surface area contributed by atoms with Crippen LogP contribution in [0, 0.1) is 0 Å². The fraction of sp³-hybridized carbons (Fsp3) is 0.435. The van der Waals surface area contributed by atoms with Gasteiger partial charge in [-0.25, -0.2) is 4.79 Å². The molecule has 0 saturated carbocycles. The number of carboxylic acid groups (broad SMARTS) is 2. The van der Waals surface area contributed by atoms with Gasteiger partial charge < -0.3 is 48.5 Å². The fourth-order valence-electron chi connectivity index (χ4n) is 3.27. The van der Waals surface area contributed by atoms with Crippen LogP contribution in [0.15, 0.2) is 24.3 Å². The van der Waals surface area contributed by atoms with Gasteiger partial charge in [0, 0.05) is 19.3 Å². The second-order valence-electron chi connectivity index (χ2n) is 8.61. The summed E-state index contributed by atoms with van der Waals surface area (Å²) in [6.45, 7) is 0. The topological polar surface area (TPSA) is 294 Å². The van der Waals surface area contributed by atoms with Gasteiger partial charge in [0.25, 0.3) is 0 Å². The van der Waals surface area contributed by atoms with Crippen molar-refractivity contribution in [3.05, 3.63) is 29.8 Å². The summed E-state index contributed by atoms with van der Waals surface area (Å²) in [5.74, 6) is -7.56. The lowest BCUT2D eigenvalue weighted by molar-refractivity contribution is -0.142. The van der Waals surface area contributed by atoms with Gasteiger partial charge in [0.1, 0.15) is 23.9 Å². The number of aromatic hydroxyl groups is 1. The predicted molar refractivity (Wildman–Crippen MR) is 132 cm³/mol. The van der Waals surface area contributed by atoms with Crippen molar-refractivity contribution in [3.8, 4) is 5.75 Å². The number of carbonyl (C=O) groups excluding carboxylic acids is 5. The third kappa shape index (κ3) is 12.4. The molecule has 0 aromatic heterocycles. The normalized spacial score (nSPS) is 13.7. The standard InChI is InChI=1S/C23H32N6O10/c24-13(5-8-19(33)34)20(35)27-14(6-7-17(25)31)21(36)28-15(10-18(26)32)22(37)29-16(23(38)39)9-11-1-3-12(30)4-2-11/h1-4,13-16,30H,5-10,24H2,(H2,25,31)(H2,26,32)(H,27,35)(H,28,36)(H,29,37)(H,33,34)(H,38,39). The number of phenolic OH excluding ortho intramolecular Hbond substituents is 1. The first kappa shape index (κ1) is 32.3.